The van der Waals surface area contributed by atoms with E-state index in [0.717, 1.165) is 32.1 Å². The van der Waals surface area contributed by atoms with Crippen LogP contribution in [-0.2, 0) is 13.7 Å². The topological polar surface area (TPSA) is 124 Å². The van der Waals surface area contributed by atoms with Crippen LogP contribution in [0, 0.1) is 0 Å². The fourth-order valence-electron chi connectivity index (χ4n) is 2.87. The van der Waals surface area contributed by atoms with Gasteiger partial charge < -0.3 is 19.6 Å². The zero-order valence-corrected chi connectivity index (χ0v) is 20.4. The maximum absolute atomic E-state index is 10.4. The predicted octanol–water partition coefficient (Wildman–Crippen LogP) is 7.81. The van der Waals surface area contributed by atoms with E-state index in [2.05, 4.69) is 18.4 Å². The van der Waals surface area contributed by atoms with Crippen LogP contribution in [0.25, 0.3) is 0 Å². The summed E-state index contributed by atoms with van der Waals surface area (Å²) in [7, 11) is -7.96. The van der Waals surface area contributed by atoms with Crippen molar-refractivity contribution in [2.24, 2.45) is 0 Å². The Hall–Kier alpha value is 0.260. The molecular formula is C22H54O7P2. The molecule has 0 aliphatic rings. The van der Waals surface area contributed by atoms with E-state index in [1.165, 1.54) is 64.2 Å². The van der Waals surface area contributed by atoms with Gasteiger partial charge in [0.2, 0.25) is 0 Å². The molecule has 0 aromatic carbocycles. The summed E-state index contributed by atoms with van der Waals surface area (Å²) in [4.78, 5) is 34.0. The maximum atomic E-state index is 10.4. The van der Waals surface area contributed by atoms with Gasteiger partial charge in [-0.3, -0.25) is 9.09 Å². The third-order valence-electron chi connectivity index (χ3n) is 4.56. The third kappa shape index (κ3) is 44.7. The Labute approximate surface area is 193 Å². The Kier molecular flexibility index (Phi) is 32.9. The summed E-state index contributed by atoms with van der Waals surface area (Å²) in [6.07, 6.45) is 18.4. The molecule has 0 saturated carbocycles. The minimum atomic E-state index is -4.24. The number of unbranched alkanes of at least 4 members (excludes halogenated alkanes) is 14. The van der Waals surface area contributed by atoms with Crippen molar-refractivity contribution in [3.05, 3.63) is 0 Å². The monoisotopic (exact) mass is 492 g/mol. The predicted molar refractivity (Wildman–Crippen MR) is 134 cm³/mol. The normalized spacial score (nSPS) is 11.2. The first-order valence-electron chi connectivity index (χ1n) is 11.4. The average Bonchev–Trinajstić information content (AvgIpc) is 2.61. The molecule has 31 heavy (non-hydrogen) atoms. The second kappa shape index (κ2) is 26.5. The van der Waals surface area contributed by atoms with E-state index in [1.54, 1.807) is 0 Å². The Bertz CT molecular complexity index is 422. The van der Waals surface area contributed by atoms with Gasteiger partial charge in [-0.2, -0.15) is 0 Å². The van der Waals surface area contributed by atoms with Crippen LogP contribution in [0.1, 0.15) is 131 Å². The summed E-state index contributed by atoms with van der Waals surface area (Å²) in [5, 5.41) is 0. The minimum absolute atomic E-state index is 0. The van der Waals surface area contributed by atoms with Crippen LogP contribution in [0.15, 0.2) is 0 Å². The zero-order chi connectivity index (χ0) is 22.4. The van der Waals surface area contributed by atoms with Gasteiger partial charge in [-0.25, -0.2) is 4.57 Å². The van der Waals surface area contributed by atoms with E-state index in [-0.39, 0.29) is 27.6 Å². The highest BCUT2D eigenvalue weighted by molar-refractivity contribution is 7.51. The molecule has 0 amide bonds. The molecule has 0 fully saturated rings. The molecule has 0 aromatic rings. The summed E-state index contributed by atoms with van der Waals surface area (Å²) >= 11 is 0. The third-order valence-corrected chi connectivity index (χ3v) is 5.98. The van der Waals surface area contributed by atoms with Crippen molar-refractivity contribution < 1.29 is 33.2 Å². The molecule has 0 aromatic heterocycles. The first kappa shape index (κ1) is 38.5. The lowest BCUT2D eigenvalue weighted by molar-refractivity contribution is 0.193. The number of phosphoric acid groups is 1. The quantitative estimate of drug-likeness (QED) is 0.107. The van der Waals surface area contributed by atoms with Gasteiger partial charge in [-0.15, -0.1) is 0 Å². The van der Waals surface area contributed by atoms with Crippen LogP contribution in [0.5, 0.6) is 0 Å². The van der Waals surface area contributed by atoms with Crippen molar-refractivity contribution in [1.29, 1.82) is 0 Å². The summed E-state index contributed by atoms with van der Waals surface area (Å²) in [6, 6.07) is 0. The summed E-state index contributed by atoms with van der Waals surface area (Å²) < 4.78 is 25.1. The number of hydrogen-bond donors (Lipinski definition) is 4. The molecule has 0 heterocycles. The molecular weight excluding hydrogens is 438 g/mol. The maximum Gasteiger partial charge on any atom is 0.469 e. The Morgan fingerprint density at radius 2 is 0.871 bits per heavy atom. The lowest BCUT2D eigenvalue weighted by Crippen LogP contribution is -1.92. The van der Waals surface area contributed by atoms with E-state index >= 15 is 0 Å². The first-order valence-corrected chi connectivity index (χ1v) is 14.7. The van der Waals surface area contributed by atoms with Gasteiger partial charge in [0.25, 0.3) is 0 Å². The SMILES string of the molecule is C.C.CCCCCCCCCCCCOP(=O)(O)O.CCCCCCCCP(=O)(O)O. The highest BCUT2D eigenvalue weighted by Gasteiger charge is 2.12. The highest BCUT2D eigenvalue weighted by atomic mass is 31.2. The van der Waals surface area contributed by atoms with Crippen molar-refractivity contribution in [3.63, 3.8) is 0 Å². The Morgan fingerprint density at radius 1 is 0.548 bits per heavy atom. The largest absolute Gasteiger partial charge is 0.469 e. The van der Waals surface area contributed by atoms with Crippen LogP contribution in [0.2, 0.25) is 0 Å². The molecule has 194 valence electrons. The van der Waals surface area contributed by atoms with Crippen molar-refractivity contribution in [3.8, 4) is 0 Å². The van der Waals surface area contributed by atoms with Crippen molar-refractivity contribution >= 4 is 15.4 Å². The lowest BCUT2D eigenvalue weighted by atomic mass is 10.1. The molecule has 4 N–H and O–H groups in total. The van der Waals surface area contributed by atoms with Crippen molar-refractivity contribution in [1.82, 2.24) is 0 Å². The van der Waals surface area contributed by atoms with E-state index in [4.69, 9.17) is 19.6 Å². The van der Waals surface area contributed by atoms with Crippen LogP contribution < -0.4 is 0 Å². The highest BCUT2D eigenvalue weighted by Crippen LogP contribution is 2.36. The molecule has 0 aliphatic heterocycles. The molecule has 9 heteroatoms. The van der Waals surface area contributed by atoms with Crippen LogP contribution >= 0.6 is 15.4 Å². The fraction of sp³-hybridized carbons (Fsp3) is 1.00. The number of hydrogen-bond acceptors (Lipinski definition) is 3. The number of rotatable bonds is 19. The molecule has 0 spiro atoms. The molecule has 7 nitrogen and oxygen atoms in total. The van der Waals surface area contributed by atoms with E-state index < -0.39 is 15.4 Å². The Morgan fingerprint density at radius 3 is 1.19 bits per heavy atom. The molecule has 0 saturated heterocycles. The van der Waals surface area contributed by atoms with Crippen molar-refractivity contribution in [2.45, 2.75) is 131 Å². The average molecular weight is 493 g/mol. The molecule has 0 unspecified atom stereocenters. The van der Waals surface area contributed by atoms with Gasteiger partial charge in [0.1, 0.15) is 0 Å². The smallest absolute Gasteiger partial charge is 0.324 e. The van der Waals surface area contributed by atoms with Gasteiger partial charge in [0, 0.05) is 6.16 Å². The first-order chi connectivity index (χ1) is 13.6. The van der Waals surface area contributed by atoms with Gasteiger partial charge >= 0.3 is 15.4 Å². The summed E-state index contributed by atoms with van der Waals surface area (Å²) in [5.74, 6) is 0. The van der Waals surface area contributed by atoms with Crippen molar-refractivity contribution in [2.75, 3.05) is 12.8 Å². The standard InChI is InChI=1S/C12H27O4P.C8H19O3P.2CH4/c1-2-3-4-5-6-7-8-9-10-11-12-16-17(13,14)15;1-2-3-4-5-6-7-8-12(9,10)11;;/h2-12H2,1H3,(H2,13,14,15);2-8H2,1H3,(H2,9,10,11);2*1H4. The van der Waals surface area contributed by atoms with Gasteiger partial charge in [0.05, 0.1) is 6.61 Å². The van der Waals surface area contributed by atoms with E-state index in [0.29, 0.717) is 6.42 Å². The van der Waals surface area contributed by atoms with Crippen LogP contribution in [0.4, 0.5) is 0 Å². The molecule has 0 radical (unpaired) electrons. The van der Waals surface area contributed by atoms with E-state index in [1.807, 2.05) is 0 Å². The minimum Gasteiger partial charge on any atom is -0.324 e. The van der Waals surface area contributed by atoms with Crippen LogP contribution in [-0.4, -0.2) is 32.3 Å². The second-order valence-corrected chi connectivity index (χ2v) is 10.7. The molecule has 0 bridgehead atoms. The summed E-state index contributed by atoms with van der Waals surface area (Å²) in [5.41, 5.74) is 0. The summed E-state index contributed by atoms with van der Waals surface area (Å²) in [6.45, 7) is 4.54. The Balaban J connectivity index is -0.000000232. The lowest BCUT2D eigenvalue weighted by Gasteiger charge is -2.05. The van der Waals surface area contributed by atoms with Crippen LogP contribution in [0.3, 0.4) is 0 Å². The second-order valence-electron chi connectivity index (χ2n) is 7.66. The zero-order valence-electron chi connectivity index (χ0n) is 18.6. The van der Waals surface area contributed by atoms with Gasteiger partial charge in [0.15, 0.2) is 0 Å². The molecule has 0 atom stereocenters. The molecule has 0 rings (SSSR count). The van der Waals surface area contributed by atoms with E-state index in [9.17, 15) is 9.13 Å². The fourth-order valence-corrected chi connectivity index (χ4v) is 3.87. The number of phosphoric ester groups is 1. The molecule has 0 aliphatic carbocycles. The van der Waals surface area contributed by atoms with Gasteiger partial charge in [-0.1, -0.05) is 119 Å². The van der Waals surface area contributed by atoms with Gasteiger partial charge in [-0.05, 0) is 12.8 Å².